The Morgan fingerprint density at radius 3 is 2.44 bits per heavy atom. The zero-order valence-corrected chi connectivity index (χ0v) is 14.8. The van der Waals surface area contributed by atoms with Crippen LogP contribution in [-0.2, 0) is 11.2 Å². The first-order valence-electron chi connectivity index (χ1n) is 7.95. The van der Waals surface area contributed by atoms with Crippen LogP contribution < -0.4 is 0 Å². The van der Waals surface area contributed by atoms with Crippen LogP contribution in [0.15, 0.2) is 30.3 Å². The van der Waals surface area contributed by atoms with Gasteiger partial charge in [-0.2, -0.15) is 0 Å². The van der Waals surface area contributed by atoms with Gasteiger partial charge in [0.15, 0.2) is 5.78 Å². The number of phenolic OH excluding ortho intramolecular Hbond substituents is 2. The van der Waals surface area contributed by atoms with Crippen molar-refractivity contribution in [1.29, 1.82) is 0 Å². The van der Waals surface area contributed by atoms with E-state index >= 15 is 0 Å². The van der Waals surface area contributed by atoms with Crippen molar-refractivity contribution in [3.05, 3.63) is 57.6 Å². The zero-order chi connectivity index (χ0) is 18.6. The summed E-state index contributed by atoms with van der Waals surface area (Å²) in [4.78, 5) is 24.9. The number of benzene rings is 2. The zero-order valence-electron chi connectivity index (χ0n) is 14.0. The van der Waals surface area contributed by atoms with Crippen molar-refractivity contribution in [2.24, 2.45) is 0 Å². The smallest absolute Gasteiger partial charge is 0.341 e. The second kappa shape index (κ2) is 8.03. The molecule has 0 bridgehead atoms. The van der Waals surface area contributed by atoms with Gasteiger partial charge in [0.05, 0.1) is 12.2 Å². The van der Waals surface area contributed by atoms with Gasteiger partial charge in [-0.05, 0) is 49.2 Å². The average Bonchev–Trinajstić information content (AvgIpc) is 2.58. The van der Waals surface area contributed by atoms with Gasteiger partial charge >= 0.3 is 5.97 Å². The highest BCUT2D eigenvalue weighted by atomic mass is 35.5. The van der Waals surface area contributed by atoms with Crippen LogP contribution in [0, 0.1) is 0 Å². The van der Waals surface area contributed by atoms with Crippen molar-refractivity contribution >= 4 is 23.4 Å². The number of hydrogen-bond acceptors (Lipinski definition) is 5. The molecule has 2 N–H and O–H groups in total. The van der Waals surface area contributed by atoms with Gasteiger partial charge in [-0.15, -0.1) is 0 Å². The fourth-order valence-electron chi connectivity index (χ4n) is 2.50. The molecule has 0 aliphatic heterocycles. The Bertz CT molecular complexity index is 814. The predicted octanol–water partition coefficient (Wildman–Crippen LogP) is 4.11. The number of halogens is 1. The van der Waals surface area contributed by atoms with Crippen LogP contribution in [0.4, 0.5) is 0 Å². The van der Waals surface area contributed by atoms with E-state index in [1.54, 1.807) is 6.92 Å². The fourth-order valence-corrected chi connectivity index (χ4v) is 2.67. The third-order valence-electron chi connectivity index (χ3n) is 3.67. The fraction of sp³-hybridized carbons (Fsp3) is 0.263. The van der Waals surface area contributed by atoms with Crippen molar-refractivity contribution < 1.29 is 24.5 Å². The molecule has 5 nitrogen and oxygen atoms in total. The van der Waals surface area contributed by atoms with Gasteiger partial charge in [0.25, 0.3) is 0 Å². The number of rotatable bonds is 6. The monoisotopic (exact) mass is 362 g/mol. The molecule has 2 rings (SSSR count). The van der Waals surface area contributed by atoms with Crippen LogP contribution in [-0.4, -0.2) is 28.6 Å². The maximum absolute atomic E-state index is 12.8. The second-order valence-electron chi connectivity index (χ2n) is 5.49. The molecule has 132 valence electrons. The molecule has 0 atom stereocenters. The van der Waals surface area contributed by atoms with E-state index in [-0.39, 0.29) is 34.8 Å². The minimum Gasteiger partial charge on any atom is -0.507 e. The van der Waals surface area contributed by atoms with Crippen LogP contribution in [0.1, 0.15) is 52.1 Å². The molecule has 0 fully saturated rings. The highest BCUT2D eigenvalue weighted by Gasteiger charge is 2.22. The molecule has 0 heterocycles. The number of carbonyl (C=O) groups is 2. The molecule has 2 aromatic rings. The van der Waals surface area contributed by atoms with Gasteiger partial charge in [-0.25, -0.2) is 4.79 Å². The maximum Gasteiger partial charge on any atom is 0.341 e. The Morgan fingerprint density at radius 1 is 1.08 bits per heavy atom. The van der Waals surface area contributed by atoms with Crippen LogP contribution in [0.5, 0.6) is 11.5 Å². The summed E-state index contributed by atoms with van der Waals surface area (Å²) in [6, 6.07) is 6.95. The maximum atomic E-state index is 12.8. The third kappa shape index (κ3) is 4.12. The van der Waals surface area contributed by atoms with Gasteiger partial charge in [-0.1, -0.05) is 24.9 Å². The normalized spacial score (nSPS) is 10.5. The van der Waals surface area contributed by atoms with Crippen molar-refractivity contribution in [2.75, 3.05) is 6.61 Å². The first kappa shape index (κ1) is 18.8. The summed E-state index contributed by atoms with van der Waals surface area (Å²) in [7, 11) is 0. The van der Waals surface area contributed by atoms with Gasteiger partial charge < -0.3 is 14.9 Å². The molecule has 0 radical (unpaired) electrons. The van der Waals surface area contributed by atoms with Gasteiger partial charge in [0.2, 0.25) is 0 Å². The molecule has 0 aromatic heterocycles. The topological polar surface area (TPSA) is 83.8 Å². The SMILES string of the molecule is CCCc1cc(C(=O)c2cc(Cl)ccc2O)cc(C(=O)OCC)c1O. The molecular formula is C19H19ClO5. The molecule has 2 aromatic carbocycles. The number of hydrogen-bond donors (Lipinski definition) is 2. The number of aromatic hydroxyl groups is 2. The number of ketones is 1. The lowest BCUT2D eigenvalue weighted by Gasteiger charge is -2.12. The molecular weight excluding hydrogens is 344 g/mol. The van der Waals surface area contributed by atoms with E-state index in [4.69, 9.17) is 16.3 Å². The van der Waals surface area contributed by atoms with Crippen molar-refractivity contribution in [3.8, 4) is 11.5 Å². The van der Waals surface area contributed by atoms with Crippen molar-refractivity contribution in [1.82, 2.24) is 0 Å². The first-order valence-corrected chi connectivity index (χ1v) is 8.33. The summed E-state index contributed by atoms with van der Waals surface area (Å²) >= 11 is 5.90. The van der Waals surface area contributed by atoms with Crippen molar-refractivity contribution in [3.63, 3.8) is 0 Å². The van der Waals surface area contributed by atoms with E-state index in [2.05, 4.69) is 0 Å². The largest absolute Gasteiger partial charge is 0.507 e. The first-order chi connectivity index (χ1) is 11.9. The third-order valence-corrected chi connectivity index (χ3v) is 3.90. The Balaban J connectivity index is 2.58. The molecule has 0 aliphatic rings. The number of phenols is 2. The van der Waals surface area contributed by atoms with Gasteiger partial charge in [0.1, 0.15) is 17.1 Å². The highest BCUT2D eigenvalue weighted by molar-refractivity contribution is 6.31. The van der Waals surface area contributed by atoms with E-state index < -0.39 is 11.8 Å². The van der Waals surface area contributed by atoms with Crippen LogP contribution in [0.25, 0.3) is 0 Å². The molecule has 0 aliphatic carbocycles. The lowest BCUT2D eigenvalue weighted by atomic mass is 9.95. The summed E-state index contributed by atoms with van der Waals surface area (Å²) < 4.78 is 4.94. The quantitative estimate of drug-likeness (QED) is 0.596. The van der Waals surface area contributed by atoms with E-state index in [0.717, 1.165) is 6.42 Å². The number of carbonyl (C=O) groups excluding carboxylic acids is 2. The molecule has 0 amide bonds. The predicted molar refractivity (Wildman–Crippen MR) is 94.6 cm³/mol. The number of esters is 1. The number of ether oxygens (including phenoxy) is 1. The van der Waals surface area contributed by atoms with E-state index in [9.17, 15) is 19.8 Å². The number of aryl methyl sites for hydroxylation is 1. The Morgan fingerprint density at radius 2 is 1.80 bits per heavy atom. The molecule has 6 heteroatoms. The van der Waals surface area contributed by atoms with Crippen LogP contribution in [0.3, 0.4) is 0 Å². The van der Waals surface area contributed by atoms with E-state index in [1.165, 1.54) is 30.3 Å². The van der Waals surface area contributed by atoms with E-state index in [0.29, 0.717) is 17.0 Å². The Labute approximate surface area is 150 Å². The molecule has 25 heavy (non-hydrogen) atoms. The minimum atomic E-state index is -0.706. The van der Waals surface area contributed by atoms with Crippen LogP contribution in [0.2, 0.25) is 5.02 Å². The molecule has 0 spiro atoms. The summed E-state index contributed by atoms with van der Waals surface area (Å²) in [5.41, 5.74) is 0.591. The summed E-state index contributed by atoms with van der Waals surface area (Å²) in [5.74, 6) is -1.60. The average molecular weight is 363 g/mol. The highest BCUT2D eigenvalue weighted by Crippen LogP contribution is 2.30. The van der Waals surface area contributed by atoms with E-state index in [1.807, 2.05) is 6.92 Å². The lowest BCUT2D eigenvalue weighted by molar-refractivity contribution is 0.0523. The van der Waals surface area contributed by atoms with Crippen molar-refractivity contribution in [2.45, 2.75) is 26.7 Å². The van der Waals surface area contributed by atoms with Gasteiger partial charge in [0, 0.05) is 10.6 Å². The molecule has 0 saturated carbocycles. The minimum absolute atomic E-state index is 0.0236. The lowest BCUT2D eigenvalue weighted by Crippen LogP contribution is -2.10. The standard InChI is InChI=1S/C19H19ClO5/c1-3-5-11-8-12(9-15(17(11)22)19(24)25-4-2)18(23)14-10-13(20)6-7-16(14)21/h6-10,21-22H,3-5H2,1-2H3. The molecule has 0 saturated heterocycles. The summed E-state index contributed by atoms with van der Waals surface area (Å²) in [5, 5.41) is 20.6. The van der Waals surface area contributed by atoms with Crippen LogP contribution >= 0.6 is 11.6 Å². The summed E-state index contributed by atoms with van der Waals surface area (Å²) in [6.07, 6.45) is 1.21. The Kier molecular flexibility index (Phi) is 6.04. The molecule has 0 unspecified atom stereocenters. The summed E-state index contributed by atoms with van der Waals surface area (Å²) in [6.45, 7) is 3.72. The Hall–Kier alpha value is -2.53. The van der Waals surface area contributed by atoms with Gasteiger partial charge in [-0.3, -0.25) is 4.79 Å². The second-order valence-corrected chi connectivity index (χ2v) is 5.93.